The summed E-state index contributed by atoms with van der Waals surface area (Å²) in [4.78, 5) is 11.5. The van der Waals surface area contributed by atoms with E-state index in [0.717, 1.165) is 58.7 Å². The predicted octanol–water partition coefficient (Wildman–Crippen LogP) is 4.17. The van der Waals surface area contributed by atoms with Crippen LogP contribution in [-0.2, 0) is 19.0 Å². The lowest BCUT2D eigenvalue weighted by atomic mass is 9.88. The normalized spacial score (nSPS) is 20.2. The number of hydrogen-bond acceptors (Lipinski definition) is 7. The van der Waals surface area contributed by atoms with Gasteiger partial charge in [0.25, 0.3) is 0 Å². The van der Waals surface area contributed by atoms with Crippen molar-refractivity contribution in [1.29, 1.82) is 0 Å². The van der Waals surface area contributed by atoms with Crippen molar-refractivity contribution in [3.8, 4) is 0 Å². The van der Waals surface area contributed by atoms with E-state index in [0.29, 0.717) is 18.4 Å². The van der Waals surface area contributed by atoms with E-state index in [1.54, 1.807) is 0 Å². The SMILES string of the molecule is CC(C)OC(=O)COC[C@H](CO)CC[C@H]1CCC[C@@H]1/C=C/CCOC1=CCCC=C1.CO.CO. The molecule has 0 aromatic rings. The maximum absolute atomic E-state index is 11.5. The summed E-state index contributed by atoms with van der Waals surface area (Å²) in [5.41, 5.74) is 0. The van der Waals surface area contributed by atoms with Crippen LogP contribution in [0.15, 0.2) is 36.1 Å². The van der Waals surface area contributed by atoms with Gasteiger partial charge in [0.1, 0.15) is 12.4 Å². The van der Waals surface area contributed by atoms with Gasteiger partial charge in [0.2, 0.25) is 0 Å². The minimum absolute atomic E-state index is 0.0434. The van der Waals surface area contributed by atoms with Gasteiger partial charge in [0, 0.05) is 26.7 Å². The van der Waals surface area contributed by atoms with Crippen LogP contribution in [0.1, 0.15) is 65.2 Å². The molecule has 3 atom stereocenters. The molecule has 0 bridgehead atoms. The van der Waals surface area contributed by atoms with Crippen LogP contribution in [0.3, 0.4) is 0 Å². The molecule has 0 aliphatic heterocycles. The third kappa shape index (κ3) is 15.3. The van der Waals surface area contributed by atoms with Gasteiger partial charge in [-0.25, -0.2) is 4.79 Å². The van der Waals surface area contributed by atoms with Crippen molar-refractivity contribution in [3.63, 3.8) is 0 Å². The molecule has 3 N–H and O–H groups in total. The predicted molar refractivity (Wildman–Crippen MR) is 135 cm³/mol. The summed E-state index contributed by atoms with van der Waals surface area (Å²) in [6, 6.07) is 0. The fraction of sp³-hybridized carbons (Fsp3) is 0.741. The summed E-state index contributed by atoms with van der Waals surface area (Å²) in [7, 11) is 2.00. The topological polar surface area (TPSA) is 105 Å². The first-order valence-corrected chi connectivity index (χ1v) is 12.5. The largest absolute Gasteiger partial charge is 0.494 e. The Labute approximate surface area is 206 Å². The second-order valence-electron chi connectivity index (χ2n) is 8.69. The van der Waals surface area contributed by atoms with E-state index in [4.69, 9.17) is 24.4 Å². The number of allylic oxidation sites excluding steroid dienone is 4. The van der Waals surface area contributed by atoms with Crippen molar-refractivity contribution in [1.82, 2.24) is 0 Å². The second kappa shape index (κ2) is 21.8. The Hall–Kier alpha value is -1.67. The molecule has 7 nitrogen and oxygen atoms in total. The summed E-state index contributed by atoms with van der Waals surface area (Å²) in [5.74, 6) is 2.03. The number of aliphatic hydroxyl groups excluding tert-OH is 3. The summed E-state index contributed by atoms with van der Waals surface area (Å²) < 4.78 is 16.3. The van der Waals surface area contributed by atoms with Crippen molar-refractivity contribution < 1.29 is 34.3 Å². The quantitative estimate of drug-likeness (QED) is 0.193. The van der Waals surface area contributed by atoms with Gasteiger partial charge < -0.3 is 29.5 Å². The molecule has 0 amide bonds. The third-order valence-electron chi connectivity index (χ3n) is 5.76. The number of carbonyl (C=O) groups excluding carboxylic acids is 1. The third-order valence-corrected chi connectivity index (χ3v) is 5.76. The van der Waals surface area contributed by atoms with E-state index < -0.39 is 0 Å². The lowest BCUT2D eigenvalue weighted by Crippen LogP contribution is -2.21. The van der Waals surface area contributed by atoms with Gasteiger partial charge in [-0.1, -0.05) is 24.6 Å². The molecule has 1 saturated carbocycles. The first kappa shape index (κ1) is 32.3. The molecule has 2 aliphatic rings. The number of esters is 1. The molecule has 0 aromatic carbocycles. The zero-order chi connectivity index (χ0) is 25.6. The van der Waals surface area contributed by atoms with E-state index in [-0.39, 0.29) is 31.2 Å². The van der Waals surface area contributed by atoms with E-state index in [1.807, 2.05) is 13.8 Å². The van der Waals surface area contributed by atoms with Crippen molar-refractivity contribution in [2.75, 3.05) is 40.6 Å². The highest BCUT2D eigenvalue weighted by molar-refractivity contribution is 5.70. The monoisotopic (exact) mass is 484 g/mol. The minimum Gasteiger partial charge on any atom is -0.494 e. The van der Waals surface area contributed by atoms with Gasteiger partial charge in [-0.3, -0.25) is 0 Å². The minimum atomic E-state index is -0.345. The lowest BCUT2D eigenvalue weighted by Gasteiger charge is -2.20. The van der Waals surface area contributed by atoms with Crippen LogP contribution in [0.4, 0.5) is 0 Å². The molecule has 0 saturated heterocycles. The van der Waals surface area contributed by atoms with Crippen LogP contribution in [0.25, 0.3) is 0 Å². The lowest BCUT2D eigenvalue weighted by molar-refractivity contribution is -0.153. The molecule has 0 spiro atoms. The zero-order valence-electron chi connectivity index (χ0n) is 21.7. The average Bonchev–Trinajstić information content (AvgIpc) is 3.31. The van der Waals surface area contributed by atoms with Gasteiger partial charge in [-0.05, 0) is 82.8 Å². The fourth-order valence-corrected chi connectivity index (χ4v) is 4.17. The van der Waals surface area contributed by atoms with E-state index in [1.165, 1.54) is 19.3 Å². The number of carbonyl (C=O) groups is 1. The highest BCUT2D eigenvalue weighted by Gasteiger charge is 2.25. The Balaban J connectivity index is 0.00000258. The Kier molecular flexibility index (Phi) is 20.8. The van der Waals surface area contributed by atoms with Gasteiger partial charge >= 0.3 is 5.97 Å². The summed E-state index contributed by atoms with van der Waals surface area (Å²) in [6.07, 6.45) is 19.8. The van der Waals surface area contributed by atoms with Crippen LogP contribution in [-0.4, -0.2) is 68.0 Å². The van der Waals surface area contributed by atoms with E-state index in [9.17, 15) is 9.90 Å². The molecular weight excluding hydrogens is 436 g/mol. The van der Waals surface area contributed by atoms with Crippen molar-refractivity contribution in [2.24, 2.45) is 17.8 Å². The van der Waals surface area contributed by atoms with Gasteiger partial charge in [0.15, 0.2) is 0 Å². The maximum Gasteiger partial charge on any atom is 0.332 e. The first-order valence-electron chi connectivity index (χ1n) is 12.5. The van der Waals surface area contributed by atoms with Crippen LogP contribution in [0, 0.1) is 17.8 Å². The Morgan fingerprint density at radius 3 is 2.59 bits per heavy atom. The Bertz CT molecular complexity index is 584. The Morgan fingerprint density at radius 2 is 1.94 bits per heavy atom. The summed E-state index contributed by atoms with van der Waals surface area (Å²) in [6.45, 7) is 4.82. The molecule has 0 radical (unpaired) electrons. The van der Waals surface area contributed by atoms with Gasteiger partial charge in [0.05, 0.1) is 19.3 Å². The second-order valence-corrected chi connectivity index (χ2v) is 8.69. The maximum atomic E-state index is 11.5. The number of hydrogen-bond donors (Lipinski definition) is 3. The van der Waals surface area contributed by atoms with Crippen LogP contribution in [0.5, 0.6) is 0 Å². The molecule has 198 valence electrons. The van der Waals surface area contributed by atoms with Crippen LogP contribution >= 0.6 is 0 Å². The van der Waals surface area contributed by atoms with E-state index in [2.05, 4.69) is 30.4 Å². The molecule has 0 aromatic heterocycles. The molecule has 2 aliphatic carbocycles. The number of ether oxygens (including phenoxy) is 3. The van der Waals surface area contributed by atoms with Crippen molar-refractivity contribution in [3.05, 3.63) is 36.1 Å². The molecule has 1 fully saturated rings. The van der Waals surface area contributed by atoms with Crippen LogP contribution in [0.2, 0.25) is 0 Å². The van der Waals surface area contributed by atoms with Crippen molar-refractivity contribution in [2.45, 2.75) is 71.3 Å². The fourth-order valence-electron chi connectivity index (χ4n) is 4.17. The summed E-state index contributed by atoms with van der Waals surface area (Å²) in [5, 5.41) is 23.7. The molecule has 0 unspecified atom stereocenters. The van der Waals surface area contributed by atoms with Crippen LogP contribution < -0.4 is 0 Å². The van der Waals surface area contributed by atoms with Gasteiger partial charge in [-0.2, -0.15) is 0 Å². The first-order chi connectivity index (χ1) is 16.6. The van der Waals surface area contributed by atoms with Gasteiger partial charge in [-0.15, -0.1) is 0 Å². The highest BCUT2D eigenvalue weighted by Crippen LogP contribution is 2.36. The smallest absolute Gasteiger partial charge is 0.332 e. The van der Waals surface area contributed by atoms with E-state index >= 15 is 0 Å². The molecule has 0 heterocycles. The Morgan fingerprint density at radius 1 is 1.18 bits per heavy atom. The standard InChI is InChI=1S/C25H40O5.2CH4O/c1-20(2)30-25(27)19-28-18-21(17-26)14-15-23-11-8-10-22(23)9-6-7-16-29-24-12-4-3-5-13-24;2*1-2/h4,6,9,12-13,20-23,26H,3,5,7-8,10-11,14-19H2,1-2H3;2*2H,1H3/b9-6+;;/t21-,22-,23+;;/m0../s1. The number of rotatable bonds is 14. The highest BCUT2D eigenvalue weighted by atomic mass is 16.6. The zero-order valence-corrected chi connectivity index (χ0v) is 21.7. The average molecular weight is 485 g/mol. The molecular formula is C27H48O7. The summed E-state index contributed by atoms with van der Waals surface area (Å²) >= 11 is 0. The molecule has 7 heteroatoms. The van der Waals surface area contributed by atoms with Crippen molar-refractivity contribution >= 4 is 5.97 Å². The molecule has 2 rings (SSSR count). The number of aliphatic hydroxyl groups is 3. The molecule has 34 heavy (non-hydrogen) atoms.